The summed E-state index contributed by atoms with van der Waals surface area (Å²) >= 11 is 1.73. The highest BCUT2D eigenvalue weighted by atomic mass is 32.2. The van der Waals surface area contributed by atoms with Crippen LogP contribution in [0.25, 0.3) is 0 Å². The van der Waals surface area contributed by atoms with Gasteiger partial charge in [-0.05, 0) is 24.3 Å². The zero-order valence-corrected chi connectivity index (χ0v) is 12.7. The molecule has 20 heavy (non-hydrogen) atoms. The molecule has 0 spiro atoms. The van der Waals surface area contributed by atoms with Crippen LogP contribution in [0, 0.1) is 0 Å². The second kappa shape index (κ2) is 7.42. The van der Waals surface area contributed by atoms with Crippen LogP contribution in [0.3, 0.4) is 0 Å². The van der Waals surface area contributed by atoms with Gasteiger partial charge in [-0.2, -0.15) is 5.10 Å². The minimum absolute atomic E-state index is 0.0402. The van der Waals surface area contributed by atoms with E-state index in [2.05, 4.69) is 40.8 Å². The smallest absolute Gasteiger partial charge is 0.138 e. The van der Waals surface area contributed by atoms with Gasteiger partial charge in [-0.25, -0.2) is 4.98 Å². The Morgan fingerprint density at radius 2 is 2.20 bits per heavy atom. The van der Waals surface area contributed by atoms with Crippen LogP contribution in [0.1, 0.15) is 30.8 Å². The van der Waals surface area contributed by atoms with Gasteiger partial charge in [0.1, 0.15) is 12.2 Å². The average Bonchev–Trinajstić information content (AvgIpc) is 2.92. The van der Waals surface area contributed by atoms with Crippen molar-refractivity contribution in [3.8, 4) is 0 Å². The fourth-order valence-electron chi connectivity index (χ4n) is 2.24. The van der Waals surface area contributed by atoms with Crippen LogP contribution >= 0.6 is 11.8 Å². The molecule has 0 amide bonds. The molecule has 1 atom stereocenters. The molecule has 0 aliphatic rings. The minimum atomic E-state index is 0.0402. The summed E-state index contributed by atoms with van der Waals surface area (Å²) < 4.78 is 1.95. The Morgan fingerprint density at radius 1 is 1.40 bits per heavy atom. The fourth-order valence-corrected chi connectivity index (χ4v) is 2.90. The number of nitrogens with two attached hydrogens (primary N) is 1. The topological polar surface area (TPSA) is 68.8 Å². The number of hydrogen-bond acceptors (Lipinski definition) is 5. The third-order valence-electron chi connectivity index (χ3n) is 3.23. The van der Waals surface area contributed by atoms with E-state index < -0.39 is 0 Å². The summed E-state index contributed by atoms with van der Waals surface area (Å²) in [5.74, 6) is 6.72. The van der Waals surface area contributed by atoms with E-state index in [4.69, 9.17) is 5.84 Å². The van der Waals surface area contributed by atoms with Gasteiger partial charge >= 0.3 is 0 Å². The van der Waals surface area contributed by atoms with Crippen LogP contribution in [0.5, 0.6) is 0 Å². The second-order valence-electron chi connectivity index (χ2n) is 4.56. The zero-order chi connectivity index (χ0) is 14.4. The van der Waals surface area contributed by atoms with Crippen molar-refractivity contribution in [2.45, 2.75) is 37.2 Å². The van der Waals surface area contributed by atoms with Gasteiger partial charge in [0.2, 0.25) is 0 Å². The molecule has 0 bridgehead atoms. The van der Waals surface area contributed by atoms with Gasteiger partial charge in [0.05, 0.1) is 6.04 Å². The number of aryl methyl sites for hydroxylation is 1. The highest BCUT2D eigenvalue weighted by Crippen LogP contribution is 2.27. The largest absolute Gasteiger partial charge is 0.271 e. The molecule has 3 N–H and O–H groups in total. The number of hydrogen-bond donors (Lipinski definition) is 2. The maximum absolute atomic E-state index is 5.75. The van der Waals surface area contributed by atoms with Gasteiger partial charge in [0, 0.05) is 17.9 Å². The summed E-state index contributed by atoms with van der Waals surface area (Å²) in [4.78, 5) is 5.59. The maximum Gasteiger partial charge on any atom is 0.138 e. The minimum Gasteiger partial charge on any atom is -0.271 e. The number of nitrogens with zero attached hydrogens (tertiary/aromatic N) is 3. The van der Waals surface area contributed by atoms with Crippen molar-refractivity contribution in [3.63, 3.8) is 0 Å². The molecule has 1 unspecified atom stereocenters. The van der Waals surface area contributed by atoms with Crippen LogP contribution < -0.4 is 11.3 Å². The fraction of sp³-hybridized carbons (Fsp3) is 0.429. The number of thioether (sulfide) groups is 1. The number of nitrogens with one attached hydrogen (secondary N) is 1. The molecule has 0 radical (unpaired) electrons. The van der Waals surface area contributed by atoms with Gasteiger partial charge in [-0.15, -0.1) is 11.8 Å². The van der Waals surface area contributed by atoms with Crippen LogP contribution in [0.4, 0.5) is 0 Å². The summed E-state index contributed by atoms with van der Waals surface area (Å²) in [5, 5.41) is 4.26. The van der Waals surface area contributed by atoms with Crippen molar-refractivity contribution < 1.29 is 0 Å². The summed E-state index contributed by atoms with van der Waals surface area (Å²) in [6.07, 6.45) is 5.46. The molecule has 1 aromatic carbocycles. The molecule has 1 heterocycles. The van der Waals surface area contributed by atoms with Crippen LogP contribution in [-0.4, -0.2) is 21.0 Å². The summed E-state index contributed by atoms with van der Waals surface area (Å²) in [6, 6.07) is 8.34. The Labute approximate surface area is 123 Å². The first-order valence-electron chi connectivity index (χ1n) is 6.75. The van der Waals surface area contributed by atoms with E-state index in [1.54, 1.807) is 18.1 Å². The monoisotopic (exact) mass is 291 g/mol. The maximum atomic E-state index is 5.75. The lowest BCUT2D eigenvalue weighted by Crippen LogP contribution is -2.31. The Bertz CT molecular complexity index is 540. The van der Waals surface area contributed by atoms with E-state index in [9.17, 15) is 0 Å². The molecule has 0 saturated carbocycles. The van der Waals surface area contributed by atoms with E-state index in [1.165, 1.54) is 10.5 Å². The molecule has 1 aromatic heterocycles. The highest BCUT2D eigenvalue weighted by molar-refractivity contribution is 7.98. The molecule has 0 aliphatic heterocycles. The number of hydrazine groups is 1. The molecule has 0 aliphatic carbocycles. The highest BCUT2D eigenvalue weighted by Gasteiger charge is 2.17. The third-order valence-corrected chi connectivity index (χ3v) is 4.04. The van der Waals surface area contributed by atoms with Crippen molar-refractivity contribution in [2.24, 2.45) is 5.84 Å². The summed E-state index contributed by atoms with van der Waals surface area (Å²) in [7, 11) is 0. The molecular weight excluding hydrogens is 270 g/mol. The predicted molar refractivity (Wildman–Crippen MR) is 82.3 cm³/mol. The average molecular weight is 291 g/mol. The Balaban J connectivity index is 2.22. The standard InChI is InChI=1S/C14H21N5S/c1-3-8-19-14(16-10-17-19)9-12(18-15)11-6-4-5-7-13(11)20-2/h4-7,10,12,18H,3,8-9,15H2,1-2H3. The third kappa shape index (κ3) is 3.39. The Morgan fingerprint density at radius 3 is 2.90 bits per heavy atom. The van der Waals surface area contributed by atoms with E-state index >= 15 is 0 Å². The molecule has 5 nitrogen and oxygen atoms in total. The van der Waals surface area contributed by atoms with Crippen molar-refractivity contribution in [2.75, 3.05) is 6.26 Å². The SMILES string of the molecule is CCCn1ncnc1CC(NN)c1ccccc1SC. The molecule has 6 heteroatoms. The molecule has 108 valence electrons. The zero-order valence-electron chi connectivity index (χ0n) is 11.9. The first kappa shape index (κ1) is 15.0. The van der Waals surface area contributed by atoms with Crippen molar-refractivity contribution in [1.29, 1.82) is 0 Å². The van der Waals surface area contributed by atoms with E-state index in [0.717, 1.165) is 25.2 Å². The van der Waals surface area contributed by atoms with Crippen molar-refractivity contribution in [3.05, 3.63) is 42.0 Å². The molecule has 2 aromatic rings. The van der Waals surface area contributed by atoms with Crippen LogP contribution in [0.15, 0.2) is 35.5 Å². The van der Waals surface area contributed by atoms with Gasteiger partial charge in [-0.1, -0.05) is 25.1 Å². The number of benzene rings is 1. The van der Waals surface area contributed by atoms with Gasteiger partial charge in [-0.3, -0.25) is 16.0 Å². The first-order chi connectivity index (χ1) is 9.80. The number of aromatic nitrogens is 3. The Kier molecular flexibility index (Phi) is 5.58. The Hall–Kier alpha value is -1.37. The van der Waals surface area contributed by atoms with E-state index in [1.807, 2.05) is 16.8 Å². The first-order valence-corrected chi connectivity index (χ1v) is 7.98. The molecule has 0 fully saturated rings. The predicted octanol–water partition coefficient (Wildman–Crippen LogP) is 2.16. The molecular formula is C14H21N5S. The van der Waals surface area contributed by atoms with E-state index in [-0.39, 0.29) is 6.04 Å². The van der Waals surface area contributed by atoms with Crippen LogP contribution in [-0.2, 0) is 13.0 Å². The lowest BCUT2D eigenvalue weighted by Gasteiger charge is -2.19. The van der Waals surface area contributed by atoms with Gasteiger partial charge < -0.3 is 0 Å². The van der Waals surface area contributed by atoms with Crippen molar-refractivity contribution in [1.82, 2.24) is 20.2 Å². The quantitative estimate of drug-likeness (QED) is 0.465. The molecule has 0 saturated heterocycles. The van der Waals surface area contributed by atoms with Gasteiger partial charge in [0.15, 0.2) is 0 Å². The lowest BCUT2D eigenvalue weighted by atomic mass is 10.0. The summed E-state index contributed by atoms with van der Waals surface area (Å²) in [5.41, 5.74) is 4.11. The normalized spacial score (nSPS) is 12.6. The second-order valence-corrected chi connectivity index (χ2v) is 5.41. The van der Waals surface area contributed by atoms with Gasteiger partial charge in [0.25, 0.3) is 0 Å². The molecule has 2 rings (SSSR count). The number of rotatable bonds is 7. The lowest BCUT2D eigenvalue weighted by molar-refractivity contribution is 0.495. The summed E-state index contributed by atoms with van der Waals surface area (Å²) in [6.45, 7) is 3.02. The van der Waals surface area contributed by atoms with E-state index in [0.29, 0.717) is 0 Å². The van der Waals surface area contributed by atoms with Crippen molar-refractivity contribution >= 4 is 11.8 Å². The van der Waals surface area contributed by atoms with Crippen LogP contribution in [0.2, 0.25) is 0 Å².